The minimum absolute atomic E-state index is 0.118. The highest BCUT2D eigenvalue weighted by molar-refractivity contribution is 5.94. The average Bonchev–Trinajstić information content (AvgIpc) is 3.19. The largest absolute Gasteiger partial charge is 0.465 e. The molecular weight excluding hydrogens is 464 g/mol. The van der Waals surface area contributed by atoms with E-state index in [1.54, 1.807) is 23.4 Å². The first-order valence-corrected chi connectivity index (χ1v) is 12.8. The van der Waals surface area contributed by atoms with E-state index >= 15 is 0 Å². The monoisotopic (exact) mass is 498 g/mol. The number of nitrogens with zero attached hydrogens (tertiary/aromatic N) is 4. The van der Waals surface area contributed by atoms with E-state index in [-0.39, 0.29) is 23.9 Å². The van der Waals surface area contributed by atoms with Crippen molar-refractivity contribution in [2.45, 2.75) is 52.7 Å². The number of rotatable bonds is 4. The molecular formula is C30H34N4O3. The third-order valence-electron chi connectivity index (χ3n) is 7.60. The van der Waals surface area contributed by atoms with Crippen LogP contribution in [0.2, 0.25) is 0 Å². The molecule has 2 amide bonds. The molecule has 1 N–H and O–H groups in total. The number of likely N-dealkylation sites (N-methyl/N-ethyl adjacent to an activating group) is 1. The number of aromatic nitrogens is 1. The van der Waals surface area contributed by atoms with Crippen molar-refractivity contribution in [1.82, 2.24) is 14.8 Å². The number of anilines is 1. The topological polar surface area (TPSA) is 77.0 Å². The molecule has 192 valence electrons. The van der Waals surface area contributed by atoms with Gasteiger partial charge in [0.1, 0.15) is 5.82 Å². The van der Waals surface area contributed by atoms with Gasteiger partial charge in [0.05, 0.1) is 12.6 Å². The minimum atomic E-state index is -0.962. The maximum atomic E-state index is 13.3. The predicted molar refractivity (Wildman–Crippen MR) is 145 cm³/mol. The van der Waals surface area contributed by atoms with E-state index < -0.39 is 6.09 Å². The van der Waals surface area contributed by atoms with E-state index in [1.165, 1.54) is 26.8 Å². The lowest BCUT2D eigenvalue weighted by Crippen LogP contribution is -2.48. The normalized spacial score (nSPS) is 17.2. The van der Waals surface area contributed by atoms with Gasteiger partial charge in [-0.05, 0) is 51.8 Å². The second kappa shape index (κ2) is 9.54. The van der Waals surface area contributed by atoms with Crippen molar-refractivity contribution in [2.24, 2.45) is 5.41 Å². The summed E-state index contributed by atoms with van der Waals surface area (Å²) in [6.07, 6.45) is 6.25. The van der Waals surface area contributed by atoms with Crippen molar-refractivity contribution < 1.29 is 14.7 Å². The van der Waals surface area contributed by atoms with Crippen molar-refractivity contribution in [3.63, 3.8) is 0 Å². The smallest absolute Gasteiger partial charge is 0.407 e. The molecule has 2 heterocycles. The van der Waals surface area contributed by atoms with Crippen molar-refractivity contribution in [3.8, 4) is 0 Å². The molecule has 0 saturated carbocycles. The fourth-order valence-corrected chi connectivity index (χ4v) is 5.56. The van der Waals surface area contributed by atoms with E-state index in [4.69, 9.17) is 0 Å². The van der Waals surface area contributed by atoms with Gasteiger partial charge >= 0.3 is 6.09 Å². The van der Waals surface area contributed by atoms with Gasteiger partial charge in [0.25, 0.3) is 0 Å². The van der Waals surface area contributed by atoms with Crippen LogP contribution >= 0.6 is 0 Å². The Hall–Kier alpha value is -3.87. The van der Waals surface area contributed by atoms with Crippen LogP contribution in [0.1, 0.15) is 43.0 Å². The third kappa shape index (κ3) is 4.78. The molecule has 7 heteroatoms. The second-order valence-corrected chi connectivity index (χ2v) is 11.2. The summed E-state index contributed by atoms with van der Waals surface area (Å²) in [4.78, 5) is 35.0. The Labute approximate surface area is 218 Å². The highest BCUT2D eigenvalue weighted by atomic mass is 16.4. The van der Waals surface area contributed by atoms with Gasteiger partial charge in [-0.15, -0.1) is 0 Å². The lowest BCUT2D eigenvalue weighted by atomic mass is 9.85. The fraction of sp³-hybridized carbons (Fsp3) is 0.367. The zero-order chi connectivity index (χ0) is 26.3. The molecule has 5 rings (SSSR count). The van der Waals surface area contributed by atoms with E-state index in [9.17, 15) is 14.7 Å². The van der Waals surface area contributed by atoms with Crippen LogP contribution < -0.4 is 4.90 Å². The average molecular weight is 499 g/mol. The van der Waals surface area contributed by atoms with Gasteiger partial charge in [0, 0.05) is 44.2 Å². The Morgan fingerprint density at radius 1 is 1.08 bits per heavy atom. The Balaban J connectivity index is 1.42. The van der Waals surface area contributed by atoms with E-state index in [0.717, 1.165) is 24.0 Å². The standard InChI is InChI=1S/C30H34N4O3/c1-30(2,3)25-19-33(29(36)37)18-23-8-6-15-31-28(23)34(25)16-14-26(35)32(4)17-22-13-12-21-11-10-20-7-5-9-24(22)27(20)21/h5-9,12-16,25H,10-11,17-19H2,1-4H3,(H,36,37)/b16-14+. The number of amides is 2. The molecule has 37 heavy (non-hydrogen) atoms. The molecule has 1 aromatic heterocycles. The summed E-state index contributed by atoms with van der Waals surface area (Å²) in [5, 5.41) is 12.4. The number of carbonyl (C=O) groups excluding carboxylic acids is 1. The molecule has 1 aliphatic heterocycles. The van der Waals surface area contributed by atoms with Crippen LogP contribution in [-0.4, -0.2) is 51.5 Å². The maximum absolute atomic E-state index is 13.3. The van der Waals surface area contributed by atoms with E-state index in [1.807, 2.05) is 24.1 Å². The Morgan fingerprint density at radius 2 is 1.81 bits per heavy atom. The molecule has 0 bridgehead atoms. The summed E-state index contributed by atoms with van der Waals surface area (Å²) in [6.45, 7) is 7.31. The zero-order valence-corrected chi connectivity index (χ0v) is 21.9. The van der Waals surface area contributed by atoms with Crippen molar-refractivity contribution >= 4 is 28.6 Å². The molecule has 2 aliphatic rings. The van der Waals surface area contributed by atoms with Crippen molar-refractivity contribution in [1.29, 1.82) is 0 Å². The first kappa shape index (κ1) is 24.8. The van der Waals surface area contributed by atoms with Gasteiger partial charge in [-0.2, -0.15) is 0 Å². The lowest BCUT2D eigenvalue weighted by Gasteiger charge is -2.39. The van der Waals surface area contributed by atoms with Gasteiger partial charge in [0.15, 0.2) is 0 Å². The predicted octanol–water partition coefficient (Wildman–Crippen LogP) is 5.22. The molecule has 3 aromatic rings. The van der Waals surface area contributed by atoms with Gasteiger partial charge < -0.3 is 19.8 Å². The molecule has 2 aromatic carbocycles. The minimum Gasteiger partial charge on any atom is -0.465 e. The van der Waals surface area contributed by atoms with E-state index in [2.05, 4.69) is 56.1 Å². The number of pyridine rings is 1. The molecule has 1 atom stereocenters. The van der Waals surface area contributed by atoms with Crippen LogP contribution in [0.15, 0.2) is 60.9 Å². The van der Waals surface area contributed by atoms with Crippen LogP contribution in [0.4, 0.5) is 10.6 Å². The zero-order valence-electron chi connectivity index (χ0n) is 21.9. The number of fused-ring (bicyclic) bond motifs is 1. The first-order chi connectivity index (χ1) is 17.6. The molecule has 0 saturated heterocycles. The maximum Gasteiger partial charge on any atom is 0.407 e. The Kier molecular flexibility index (Phi) is 6.40. The summed E-state index contributed by atoms with van der Waals surface area (Å²) < 4.78 is 0. The van der Waals surface area contributed by atoms with Gasteiger partial charge in [-0.1, -0.05) is 57.2 Å². The number of aryl methyl sites for hydroxylation is 2. The van der Waals surface area contributed by atoms with Crippen LogP contribution in [0.5, 0.6) is 0 Å². The number of hydrogen-bond acceptors (Lipinski definition) is 4. The van der Waals surface area contributed by atoms with Crippen LogP contribution in [0, 0.1) is 5.41 Å². The second-order valence-electron chi connectivity index (χ2n) is 11.2. The van der Waals surface area contributed by atoms with Gasteiger partial charge in [-0.25, -0.2) is 9.78 Å². The summed E-state index contributed by atoms with van der Waals surface area (Å²) in [7, 11) is 1.82. The van der Waals surface area contributed by atoms with Gasteiger partial charge in [-0.3, -0.25) is 4.79 Å². The molecule has 7 nitrogen and oxygen atoms in total. The number of benzene rings is 2. The molecule has 0 spiro atoms. The fourth-order valence-electron chi connectivity index (χ4n) is 5.56. The summed E-state index contributed by atoms with van der Waals surface area (Å²) in [5.41, 5.74) is 4.46. The number of carboxylic acid groups (broad SMARTS) is 1. The van der Waals surface area contributed by atoms with Crippen molar-refractivity contribution in [3.05, 3.63) is 83.2 Å². The lowest BCUT2D eigenvalue weighted by molar-refractivity contribution is -0.125. The van der Waals surface area contributed by atoms with Crippen LogP contribution in [-0.2, 0) is 30.7 Å². The molecule has 1 unspecified atom stereocenters. The number of carbonyl (C=O) groups is 2. The summed E-state index contributed by atoms with van der Waals surface area (Å²) in [6, 6.07) is 14.3. The molecule has 0 radical (unpaired) electrons. The Morgan fingerprint density at radius 3 is 2.54 bits per heavy atom. The quantitative estimate of drug-likeness (QED) is 0.499. The van der Waals surface area contributed by atoms with E-state index in [0.29, 0.717) is 18.9 Å². The number of hydrogen-bond donors (Lipinski definition) is 1. The van der Waals surface area contributed by atoms with Crippen molar-refractivity contribution in [2.75, 3.05) is 18.5 Å². The molecule has 0 fully saturated rings. The van der Waals surface area contributed by atoms with Crippen LogP contribution in [0.25, 0.3) is 10.8 Å². The summed E-state index contributed by atoms with van der Waals surface area (Å²) >= 11 is 0. The molecule has 1 aliphatic carbocycles. The SMILES string of the molecule is CN(Cc1ccc2c3c(cccc13)CC2)C(=O)/C=C/N1c2ncccc2CN(C(=O)O)CC1C(C)(C)C. The Bertz CT molecular complexity index is 1380. The highest BCUT2D eigenvalue weighted by Crippen LogP contribution is 2.35. The van der Waals surface area contributed by atoms with Gasteiger partial charge in [0.2, 0.25) is 5.91 Å². The first-order valence-electron chi connectivity index (χ1n) is 12.8. The third-order valence-corrected chi connectivity index (χ3v) is 7.60. The summed E-state index contributed by atoms with van der Waals surface area (Å²) in [5.74, 6) is 0.568. The van der Waals surface area contributed by atoms with Crippen LogP contribution in [0.3, 0.4) is 0 Å². The highest BCUT2D eigenvalue weighted by Gasteiger charge is 2.37.